The summed E-state index contributed by atoms with van der Waals surface area (Å²) >= 11 is 0. The molecule has 3 rings (SSSR count). The van der Waals surface area contributed by atoms with Crippen molar-refractivity contribution in [1.82, 2.24) is 15.6 Å². The largest absolute Gasteiger partial charge is 0.361 e. The third-order valence-electron chi connectivity index (χ3n) is 3.49. The first-order chi connectivity index (χ1) is 9.25. The molecule has 1 aliphatic heterocycles. The van der Waals surface area contributed by atoms with Gasteiger partial charge in [0.15, 0.2) is 0 Å². The highest BCUT2D eigenvalue weighted by Gasteiger charge is 2.23. The normalized spacial score (nSPS) is 18.6. The molecule has 1 amide bonds. The van der Waals surface area contributed by atoms with E-state index in [-0.39, 0.29) is 17.8 Å². The molecule has 1 aliphatic rings. The number of nitrogens with one attached hydrogen (secondary N) is 4. The van der Waals surface area contributed by atoms with Crippen molar-refractivity contribution in [2.24, 2.45) is 0 Å². The van der Waals surface area contributed by atoms with Crippen molar-refractivity contribution in [2.45, 2.75) is 18.9 Å². The fraction of sp³-hybridized carbons (Fsp3) is 0.286. The summed E-state index contributed by atoms with van der Waals surface area (Å²) in [6.07, 6.45) is 3.69. The molecule has 1 fully saturated rings. The van der Waals surface area contributed by atoms with Crippen LogP contribution in [0.1, 0.15) is 18.4 Å². The fourth-order valence-corrected chi connectivity index (χ4v) is 2.49. The van der Waals surface area contributed by atoms with E-state index in [0.29, 0.717) is 0 Å². The third kappa shape index (κ3) is 2.24. The summed E-state index contributed by atoms with van der Waals surface area (Å²) in [6.45, 7) is 0.874. The van der Waals surface area contributed by atoms with E-state index < -0.39 is 0 Å². The fourth-order valence-electron chi connectivity index (χ4n) is 2.49. The highest BCUT2D eigenvalue weighted by Crippen LogP contribution is 2.17. The second-order valence-corrected chi connectivity index (χ2v) is 4.76. The van der Waals surface area contributed by atoms with Gasteiger partial charge in [-0.05, 0) is 31.5 Å². The van der Waals surface area contributed by atoms with Gasteiger partial charge in [-0.25, -0.2) is 0 Å². The van der Waals surface area contributed by atoms with Crippen molar-refractivity contribution in [1.29, 1.82) is 5.41 Å². The number of H-pyrrole nitrogens is 1. The zero-order chi connectivity index (χ0) is 13.2. The first-order valence-electron chi connectivity index (χ1n) is 6.45. The van der Waals surface area contributed by atoms with E-state index in [2.05, 4.69) is 15.6 Å². The van der Waals surface area contributed by atoms with Crippen molar-refractivity contribution >= 4 is 22.6 Å². The van der Waals surface area contributed by atoms with Gasteiger partial charge in [-0.2, -0.15) is 0 Å². The number of benzene rings is 1. The number of hydrogen-bond donors (Lipinski definition) is 4. The van der Waals surface area contributed by atoms with Crippen molar-refractivity contribution in [3.63, 3.8) is 0 Å². The number of rotatable bonds is 2. The Kier molecular flexibility index (Phi) is 3.05. The molecular weight excluding hydrogens is 240 g/mol. The van der Waals surface area contributed by atoms with Gasteiger partial charge in [0.1, 0.15) is 5.84 Å². The number of fused-ring (bicyclic) bond motifs is 1. The van der Waals surface area contributed by atoms with Crippen LogP contribution < -0.4 is 10.6 Å². The minimum atomic E-state index is -0.161. The monoisotopic (exact) mass is 256 g/mol. The van der Waals surface area contributed by atoms with Crippen LogP contribution in [0, 0.1) is 5.41 Å². The molecule has 1 aromatic heterocycles. The first kappa shape index (κ1) is 11.9. The SMILES string of the molecule is N=C(NC(=O)C1CCCN1)c1cccc2[nH]ccc12. The number of aromatic nitrogens is 1. The lowest BCUT2D eigenvalue weighted by Crippen LogP contribution is -2.43. The maximum atomic E-state index is 12.0. The molecule has 2 aromatic rings. The Balaban J connectivity index is 1.80. The van der Waals surface area contributed by atoms with Crippen LogP contribution in [0.25, 0.3) is 10.9 Å². The quantitative estimate of drug-likeness (QED) is 0.483. The van der Waals surface area contributed by atoms with Gasteiger partial charge in [0.25, 0.3) is 0 Å². The lowest BCUT2D eigenvalue weighted by Gasteiger charge is -2.12. The van der Waals surface area contributed by atoms with Crippen LogP contribution in [0.5, 0.6) is 0 Å². The molecule has 1 atom stereocenters. The number of amides is 1. The lowest BCUT2D eigenvalue weighted by molar-refractivity contribution is -0.121. The molecule has 0 aliphatic carbocycles. The van der Waals surface area contributed by atoms with E-state index in [1.165, 1.54) is 0 Å². The van der Waals surface area contributed by atoms with E-state index in [0.717, 1.165) is 35.9 Å². The second kappa shape index (κ2) is 4.85. The summed E-state index contributed by atoms with van der Waals surface area (Å²) in [5.41, 5.74) is 1.71. The van der Waals surface area contributed by atoms with Gasteiger partial charge < -0.3 is 15.6 Å². The van der Waals surface area contributed by atoms with Gasteiger partial charge in [-0.3, -0.25) is 10.2 Å². The molecule has 19 heavy (non-hydrogen) atoms. The number of hydrogen-bond acceptors (Lipinski definition) is 3. The predicted molar refractivity (Wildman–Crippen MR) is 74.3 cm³/mol. The van der Waals surface area contributed by atoms with Crippen molar-refractivity contribution in [3.05, 3.63) is 36.0 Å². The third-order valence-corrected chi connectivity index (χ3v) is 3.49. The molecule has 0 bridgehead atoms. The number of carbonyl (C=O) groups excluding carboxylic acids is 1. The van der Waals surface area contributed by atoms with Crippen molar-refractivity contribution < 1.29 is 4.79 Å². The van der Waals surface area contributed by atoms with Crippen molar-refractivity contribution in [2.75, 3.05) is 6.54 Å². The Morgan fingerprint density at radius 1 is 1.37 bits per heavy atom. The predicted octanol–water partition coefficient (Wildman–Crippen LogP) is 1.36. The van der Waals surface area contributed by atoms with Crippen LogP contribution in [0.4, 0.5) is 0 Å². The average molecular weight is 256 g/mol. The molecular formula is C14H16N4O. The zero-order valence-electron chi connectivity index (χ0n) is 10.5. The summed E-state index contributed by atoms with van der Waals surface area (Å²) < 4.78 is 0. The Bertz CT molecular complexity index is 625. The molecule has 2 heterocycles. The van der Waals surface area contributed by atoms with Gasteiger partial charge in [0, 0.05) is 22.7 Å². The smallest absolute Gasteiger partial charge is 0.242 e. The highest BCUT2D eigenvalue weighted by atomic mass is 16.2. The van der Waals surface area contributed by atoms with E-state index in [9.17, 15) is 4.79 Å². The molecule has 1 unspecified atom stereocenters. The van der Waals surface area contributed by atoms with Crippen LogP contribution >= 0.6 is 0 Å². The standard InChI is InChI=1S/C14H16N4O/c15-13(18-14(19)12-5-2-7-16-12)10-3-1-4-11-9(10)6-8-17-11/h1,3-4,6,8,12,16-17H,2,5,7H2,(H2,15,18,19). The van der Waals surface area contributed by atoms with Gasteiger partial charge in [0.05, 0.1) is 6.04 Å². The molecule has 1 saturated heterocycles. The molecule has 5 nitrogen and oxygen atoms in total. The minimum Gasteiger partial charge on any atom is -0.361 e. The number of carbonyl (C=O) groups is 1. The highest BCUT2D eigenvalue weighted by molar-refractivity contribution is 6.13. The van der Waals surface area contributed by atoms with E-state index in [1.807, 2.05) is 30.5 Å². The van der Waals surface area contributed by atoms with E-state index in [4.69, 9.17) is 5.41 Å². The van der Waals surface area contributed by atoms with Gasteiger partial charge >= 0.3 is 0 Å². The summed E-state index contributed by atoms with van der Waals surface area (Å²) in [4.78, 5) is 15.1. The Morgan fingerprint density at radius 2 is 2.26 bits per heavy atom. The van der Waals surface area contributed by atoms with Crippen LogP contribution in [-0.4, -0.2) is 29.3 Å². The van der Waals surface area contributed by atoms with Gasteiger partial charge in [0.2, 0.25) is 5.91 Å². The van der Waals surface area contributed by atoms with Crippen LogP contribution in [-0.2, 0) is 4.79 Å². The van der Waals surface area contributed by atoms with E-state index in [1.54, 1.807) is 0 Å². The van der Waals surface area contributed by atoms with E-state index >= 15 is 0 Å². The number of aromatic amines is 1. The molecule has 0 radical (unpaired) electrons. The topological polar surface area (TPSA) is 80.8 Å². The maximum absolute atomic E-state index is 12.0. The average Bonchev–Trinajstić information content (AvgIpc) is 3.08. The minimum absolute atomic E-state index is 0.116. The molecule has 0 saturated carbocycles. The lowest BCUT2D eigenvalue weighted by atomic mass is 10.1. The van der Waals surface area contributed by atoms with Gasteiger partial charge in [-0.1, -0.05) is 12.1 Å². The molecule has 1 aromatic carbocycles. The first-order valence-corrected chi connectivity index (χ1v) is 6.45. The van der Waals surface area contributed by atoms with Crippen LogP contribution in [0.3, 0.4) is 0 Å². The summed E-state index contributed by atoms with van der Waals surface area (Å²) in [5, 5.41) is 14.8. The summed E-state index contributed by atoms with van der Waals surface area (Å²) in [5.74, 6) is 0.0407. The van der Waals surface area contributed by atoms with Gasteiger partial charge in [-0.15, -0.1) is 0 Å². The molecule has 0 spiro atoms. The molecule has 98 valence electrons. The Hall–Kier alpha value is -2.14. The Morgan fingerprint density at radius 3 is 3.05 bits per heavy atom. The Labute approximate surface area is 110 Å². The second-order valence-electron chi connectivity index (χ2n) is 4.76. The van der Waals surface area contributed by atoms with Crippen LogP contribution in [0.2, 0.25) is 0 Å². The number of amidine groups is 1. The summed E-state index contributed by atoms with van der Waals surface area (Å²) in [6, 6.07) is 7.43. The molecule has 5 heteroatoms. The maximum Gasteiger partial charge on any atom is 0.242 e. The molecule has 4 N–H and O–H groups in total. The zero-order valence-corrected chi connectivity index (χ0v) is 10.5. The van der Waals surface area contributed by atoms with Crippen LogP contribution in [0.15, 0.2) is 30.5 Å². The van der Waals surface area contributed by atoms with Crippen molar-refractivity contribution in [3.8, 4) is 0 Å². The summed E-state index contributed by atoms with van der Waals surface area (Å²) in [7, 11) is 0.